The highest BCUT2D eigenvalue weighted by Gasteiger charge is 2.18. The maximum Gasteiger partial charge on any atom is 0.271 e. The van der Waals surface area contributed by atoms with Crippen molar-refractivity contribution in [1.29, 1.82) is 0 Å². The number of carbonyl (C=O) groups is 1. The van der Waals surface area contributed by atoms with Crippen LogP contribution < -0.4 is 10.6 Å². The number of amides is 1. The number of anilines is 2. The summed E-state index contributed by atoms with van der Waals surface area (Å²) >= 11 is 0. The summed E-state index contributed by atoms with van der Waals surface area (Å²) < 4.78 is 0. The Morgan fingerprint density at radius 1 is 1.09 bits per heavy atom. The van der Waals surface area contributed by atoms with E-state index in [1.807, 2.05) is 32.0 Å². The molecule has 0 spiro atoms. The predicted octanol–water partition coefficient (Wildman–Crippen LogP) is 3.51. The van der Waals surface area contributed by atoms with Crippen LogP contribution in [0.1, 0.15) is 47.3 Å². The zero-order valence-corrected chi connectivity index (χ0v) is 13.6. The Hall–Kier alpha value is -2.43. The van der Waals surface area contributed by atoms with Gasteiger partial charge in [-0.15, -0.1) is 0 Å². The quantitative estimate of drug-likeness (QED) is 0.907. The highest BCUT2D eigenvalue weighted by atomic mass is 16.1. The first kappa shape index (κ1) is 15.5. The van der Waals surface area contributed by atoms with Crippen molar-refractivity contribution < 1.29 is 4.79 Å². The first-order chi connectivity index (χ1) is 11.1. The summed E-state index contributed by atoms with van der Waals surface area (Å²) in [5.74, 6) is 0.503. The van der Waals surface area contributed by atoms with Crippen LogP contribution in [-0.4, -0.2) is 21.9 Å². The lowest BCUT2D eigenvalue weighted by Gasteiger charge is -2.13. The van der Waals surface area contributed by atoms with Gasteiger partial charge in [0.15, 0.2) is 0 Å². The molecule has 5 nitrogen and oxygen atoms in total. The van der Waals surface area contributed by atoms with Gasteiger partial charge in [0.2, 0.25) is 0 Å². The molecule has 0 radical (unpaired) electrons. The van der Waals surface area contributed by atoms with Gasteiger partial charge in [-0.25, -0.2) is 9.97 Å². The monoisotopic (exact) mass is 310 g/mol. The number of benzene rings is 1. The number of hydrogen-bond acceptors (Lipinski definition) is 4. The van der Waals surface area contributed by atoms with Crippen LogP contribution in [0.4, 0.5) is 11.5 Å². The lowest BCUT2D eigenvalue weighted by molar-refractivity contribution is 0.0932. The number of carbonyl (C=O) groups excluding carboxylic acids is 1. The Kier molecular flexibility index (Phi) is 4.55. The second-order valence-electron chi connectivity index (χ2n) is 6.13. The normalized spacial score (nSPS) is 14.7. The van der Waals surface area contributed by atoms with Gasteiger partial charge in [0, 0.05) is 11.7 Å². The summed E-state index contributed by atoms with van der Waals surface area (Å²) in [6.45, 7) is 4.10. The molecular formula is C18H22N4O. The summed E-state index contributed by atoms with van der Waals surface area (Å²) in [5, 5.41) is 6.30. The number of rotatable bonds is 4. The Morgan fingerprint density at radius 3 is 2.39 bits per heavy atom. The molecule has 1 aromatic carbocycles. The molecule has 0 unspecified atom stereocenters. The minimum absolute atomic E-state index is 0.136. The van der Waals surface area contributed by atoms with Crippen LogP contribution >= 0.6 is 0 Å². The van der Waals surface area contributed by atoms with E-state index in [-0.39, 0.29) is 11.9 Å². The van der Waals surface area contributed by atoms with Gasteiger partial charge in [0.05, 0.1) is 12.4 Å². The zero-order valence-electron chi connectivity index (χ0n) is 13.6. The largest absolute Gasteiger partial charge is 0.348 e. The number of aromatic nitrogens is 2. The minimum atomic E-state index is -0.136. The third kappa shape index (κ3) is 3.67. The molecule has 120 valence electrons. The molecular weight excluding hydrogens is 288 g/mol. The molecule has 1 saturated carbocycles. The number of hydrogen-bond donors (Lipinski definition) is 2. The maximum atomic E-state index is 12.1. The molecule has 1 heterocycles. The van der Waals surface area contributed by atoms with Crippen molar-refractivity contribution in [3.05, 3.63) is 47.4 Å². The van der Waals surface area contributed by atoms with E-state index in [0.29, 0.717) is 11.5 Å². The molecule has 2 aromatic rings. The Morgan fingerprint density at radius 2 is 1.78 bits per heavy atom. The molecule has 5 heteroatoms. The highest BCUT2D eigenvalue weighted by molar-refractivity contribution is 5.92. The third-order valence-corrected chi connectivity index (χ3v) is 4.31. The van der Waals surface area contributed by atoms with Gasteiger partial charge in [0.1, 0.15) is 11.5 Å². The summed E-state index contributed by atoms with van der Waals surface area (Å²) in [5.41, 5.74) is 3.69. The molecule has 1 aliphatic carbocycles. The lowest BCUT2D eigenvalue weighted by atomic mass is 10.1. The van der Waals surface area contributed by atoms with Crippen LogP contribution in [0, 0.1) is 13.8 Å². The average molecular weight is 310 g/mol. The van der Waals surface area contributed by atoms with Crippen LogP contribution in [0.15, 0.2) is 30.6 Å². The number of aryl methyl sites for hydroxylation is 2. The van der Waals surface area contributed by atoms with Crippen molar-refractivity contribution in [1.82, 2.24) is 15.3 Å². The summed E-state index contributed by atoms with van der Waals surface area (Å²) in [4.78, 5) is 20.7. The summed E-state index contributed by atoms with van der Waals surface area (Å²) in [6.07, 6.45) is 7.64. The average Bonchev–Trinajstić information content (AvgIpc) is 3.04. The Bertz CT molecular complexity index is 670. The van der Waals surface area contributed by atoms with E-state index in [1.54, 1.807) is 6.20 Å². The molecule has 3 rings (SSSR count). The van der Waals surface area contributed by atoms with Crippen LogP contribution in [-0.2, 0) is 0 Å². The molecule has 1 amide bonds. The van der Waals surface area contributed by atoms with Crippen molar-refractivity contribution in [2.75, 3.05) is 5.32 Å². The smallest absolute Gasteiger partial charge is 0.271 e. The van der Waals surface area contributed by atoms with Gasteiger partial charge >= 0.3 is 0 Å². The fourth-order valence-electron chi connectivity index (χ4n) is 2.98. The van der Waals surface area contributed by atoms with Gasteiger partial charge in [-0.2, -0.15) is 0 Å². The van der Waals surface area contributed by atoms with E-state index in [9.17, 15) is 4.79 Å². The molecule has 0 aliphatic heterocycles. The van der Waals surface area contributed by atoms with Gasteiger partial charge in [-0.3, -0.25) is 4.79 Å². The fraction of sp³-hybridized carbons (Fsp3) is 0.389. The van der Waals surface area contributed by atoms with E-state index >= 15 is 0 Å². The van der Waals surface area contributed by atoms with Crippen LogP contribution in [0.25, 0.3) is 0 Å². The van der Waals surface area contributed by atoms with E-state index < -0.39 is 0 Å². The van der Waals surface area contributed by atoms with Gasteiger partial charge in [-0.05, 0) is 37.8 Å². The Balaban J connectivity index is 1.68. The highest BCUT2D eigenvalue weighted by Crippen LogP contribution is 2.23. The SMILES string of the molecule is Cc1cccc(C)c1Nc1cnc(C(=O)NC2CCCC2)cn1. The second-order valence-corrected chi connectivity index (χ2v) is 6.13. The molecule has 1 aliphatic rings. The number of nitrogens with zero attached hydrogens (tertiary/aromatic N) is 2. The zero-order chi connectivity index (χ0) is 16.2. The molecule has 0 bridgehead atoms. The molecule has 2 N–H and O–H groups in total. The van der Waals surface area contributed by atoms with Crippen LogP contribution in [0.3, 0.4) is 0 Å². The minimum Gasteiger partial charge on any atom is -0.348 e. The number of para-hydroxylation sites is 1. The van der Waals surface area contributed by atoms with Crippen molar-refractivity contribution in [3.63, 3.8) is 0 Å². The molecule has 0 atom stereocenters. The van der Waals surface area contributed by atoms with Crippen LogP contribution in [0.2, 0.25) is 0 Å². The van der Waals surface area contributed by atoms with Crippen molar-refractivity contribution in [2.24, 2.45) is 0 Å². The van der Waals surface area contributed by atoms with Gasteiger partial charge < -0.3 is 10.6 Å². The molecule has 1 aromatic heterocycles. The summed E-state index contributed by atoms with van der Waals surface area (Å²) in [7, 11) is 0. The van der Waals surface area contributed by atoms with Gasteiger partial charge in [-0.1, -0.05) is 31.0 Å². The predicted molar refractivity (Wildman–Crippen MR) is 91.0 cm³/mol. The van der Waals surface area contributed by atoms with E-state index in [1.165, 1.54) is 19.0 Å². The van der Waals surface area contributed by atoms with E-state index in [0.717, 1.165) is 29.7 Å². The van der Waals surface area contributed by atoms with E-state index in [2.05, 4.69) is 20.6 Å². The first-order valence-corrected chi connectivity index (χ1v) is 8.09. The van der Waals surface area contributed by atoms with E-state index in [4.69, 9.17) is 0 Å². The third-order valence-electron chi connectivity index (χ3n) is 4.31. The molecule has 0 saturated heterocycles. The fourth-order valence-corrected chi connectivity index (χ4v) is 2.98. The van der Waals surface area contributed by atoms with Gasteiger partial charge in [0.25, 0.3) is 5.91 Å². The number of nitrogens with one attached hydrogen (secondary N) is 2. The van der Waals surface area contributed by atoms with Crippen LogP contribution in [0.5, 0.6) is 0 Å². The molecule has 1 fully saturated rings. The first-order valence-electron chi connectivity index (χ1n) is 8.09. The standard InChI is InChI=1S/C18H22N4O/c1-12-6-5-7-13(2)17(12)22-16-11-19-15(10-20-16)18(23)21-14-8-3-4-9-14/h5-7,10-11,14H,3-4,8-9H2,1-2H3,(H,20,22)(H,21,23). The molecule has 23 heavy (non-hydrogen) atoms. The summed E-state index contributed by atoms with van der Waals surface area (Å²) in [6, 6.07) is 6.41. The lowest BCUT2D eigenvalue weighted by Crippen LogP contribution is -2.33. The topological polar surface area (TPSA) is 66.9 Å². The maximum absolute atomic E-state index is 12.1. The Labute approximate surface area is 136 Å². The van der Waals surface area contributed by atoms with Crippen molar-refractivity contribution in [3.8, 4) is 0 Å². The van der Waals surface area contributed by atoms with Crippen molar-refractivity contribution >= 4 is 17.4 Å². The second kappa shape index (κ2) is 6.77. The van der Waals surface area contributed by atoms with Crippen molar-refractivity contribution in [2.45, 2.75) is 45.6 Å².